The molecule has 0 bridgehead atoms. The number of nitrogens with zero attached hydrogens (tertiary/aromatic N) is 3. The molecule has 0 spiro atoms. The summed E-state index contributed by atoms with van der Waals surface area (Å²) in [5.74, 6) is 0.890. The number of aromatic nitrogens is 2. The predicted octanol–water partition coefficient (Wildman–Crippen LogP) is 3.10. The Bertz CT molecular complexity index is 811. The molecule has 6 nitrogen and oxygen atoms in total. The van der Waals surface area contributed by atoms with Gasteiger partial charge in [-0.3, -0.25) is 5.41 Å². The van der Waals surface area contributed by atoms with E-state index in [1.54, 1.807) is 24.4 Å². The zero-order valence-corrected chi connectivity index (χ0v) is 15.4. The molecule has 2 heterocycles. The van der Waals surface area contributed by atoms with Gasteiger partial charge in [-0.05, 0) is 25.8 Å². The van der Waals surface area contributed by atoms with Crippen molar-refractivity contribution in [2.75, 3.05) is 23.7 Å². The number of nitrogen functional groups attached to an aromatic ring is 1. The molecule has 1 aliphatic rings. The molecule has 1 aromatic carbocycles. The van der Waals surface area contributed by atoms with E-state index in [2.05, 4.69) is 21.8 Å². The van der Waals surface area contributed by atoms with E-state index in [0.717, 1.165) is 25.9 Å². The molecular weight excluding hydrogens is 359 g/mol. The Morgan fingerprint density at radius 3 is 2.60 bits per heavy atom. The second-order valence-corrected chi connectivity index (χ2v) is 7.36. The van der Waals surface area contributed by atoms with Gasteiger partial charge in [-0.1, -0.05) is 35.3 Å². The summed E-state index contributed by atoms with van der Waals surface area (Å²) < 4.78 is 0. The van der Waals surface area contributed by atoms with Gasteiger partial charge in [-0.2, -0.15) is 0 Å². The average molecular weight is 379 g/mol. The van der Waals surface area contributed by atoms with Gasteiger partial charge in [0.2, 0.25) is 0 Å². The van der Waals surface area contributed by atoms with Gasteiger partial charge in [-0.25, -0.2) is 9.97 Å². The van der Waals surface area contributed by atoms with Gasteiger partial charge in [0.15, 0.2) is 5.82 Å². The lowest BCUT2D eigenvalue weighted by Gasteiger charge is -2.37. The van der Waals surface area contributed by atoms with Crippen molar-refractivity contribution in [3.8, 4) is 0 Å². The van der Waals surface area contributed by atoms with Crippen molar-refractivity contribution in [3.05, 3.63) is 45.7 Å². The molecule has 5 N–H and O–H groups in total. The fourth-order valence-electron chi connectivity index (χ4n) is 2.81. The number of piperidine rings is 1. The van der Waals surface area contributed by atoms with Crippen molar-refractivity contribution in [2.45, 2.75) is 25.3 Å². The predicted molar refractivity (Wildman–Crippen MR) is 103 cm³/mol. The van der Waals surface area contributed by atoms with Crippen LogP contribution in [0, 0.1) is 5.41 Å². The summed E-state index contributed by atoms with van der Waals surface area (Å²) in [7, 11) is 0. The van der Waals surface area contributed by atoms with Crippen LogP contribution in [0.4, 0.5) is 11.6 Å². The zero-order chi connectivity index (χ0) is 18.2. The van der Waals surface area contributed by atoms with Gasteiger partial charge >= 0.3 is 0 Å². The maximum absolute atomic E-state index is 8.36. The number of rotatable bonds is 3. The van der Waals surface area contributed by atoms with Crippen LogP contribution in [-0.4, -0.2) is 34.3 Å². The SMILES string of the molecule is CC1(N)CCN(c2cnc(C(=N)c3cccc(Cl)c3Cl)c(N)n2)CC1. The van der Waals surface area contributed by atoms with Crippen molar-refractivity contribution in [2.24, 2.45) is 5.73 Å². The summed E-state index contributed by atoms with van der Waals surface area (Å²) in [6.45, 7) is 3.67. The highest BCUT2D eigenvalue weighted by Gasteiger charge is 2.27. The summed E-state index contributed by atoms with van der Waals surface area (Å²) in [5, 5.41) is 9.04. The molecular formula is C17H20Cl2N6. The normalized spacial score (nSPS) is 16.7. The van der Waals surface area contributed by atoms with Gasteiger partial charge < -0.3 is 16.4 Å². The summed E-state index contributed by atoms with van der Waals surface area (Å²) in [6, 6.07) is 5.10. The summed E-state index contributed by atoms with van der Waals surface area (Å²) in [6.07, 6.45) is 3.40. The van der Waals surface area contributed by atoms with Crippen molar-refractivity contribution >= 4 is 40.5 Å². The van der Waals surface area contributed by atoms with Crippen LogP contribution in [0.1, 0.15) is 31.0 Å². The molecule has 132 valence electrons. The Hall–Kier alpha value is -1.89. The third-order valence-electron chi connectivity index (χ3n) is 4.47. The van der Waals surface area contributed by atoms with E-state index in [1.165, 1.54) is 0 Å². The molecule has 0 saturated carbocycles. The van der Waals surface area contributed by atoms with Crippen molar-refractivity contribution in [1.82, 2.24) is 9.97 Å². The molecule has 0 atom stereocenters. The van der Waals surface area contributed by atoms with E-state index in [4.69, 9.17) is 40.1 Å². The first-order chi connectivity index (χ1) is 11.8. The molecule has 8 heteroatoms. The Morgan fingerprint density at radius 2 is 1.96 bits per heavy atom. The van der Waals surface area contributed by atoms with Crippen LogP contribution in [0.3, 0.4) is 0 Å². The minimum Gasteiger partial charge on any atom is -0.382 e. The number of hydrogen-bond acceptors (Lipinski definition) is 6. The first-order valence-corrected chi connectivity index (χ1v) is 8.74. The van der Waals surface area contributed by atoms with Crippen molar-refractivity contribution in [1.29, 1.82) is 5.41 Å². The van der Waals surface area contributed by atoms with Crippen LogP contribution >= 0.6 is 23.2 Å². The van der Waals surface area contributed by atoms with E-state index in [-0.39, 0.29) is 22.8 Å². The molecule has 1 saturated heterocycles. The minimum atomic E-state index is -0.138. The van der Waals surface area contributed by atoms with Gasteiger partial charge in [0.1, 0.15) is 11.5 Å². The standard InChI is InChI=1S/C17H20Cl2N6/c1-17(22)5-7-25(8-6-17)12-9-23-15(16(21)24-12)14(20)10-3-2-4-11(18)13(10)19/h2-4,9,20H,5-8,22H2,1H3,(H2,21,24). The van der Waals surface area contributed by atoms with Crippen LogP contribution < -0.4 is 16.4 Å². The maximum atomic E-state index is 8.36. The van der Waals surface area contributed by atoms with Crippen LogP contribution in [0.2, 0.25) is 10.0 Å². The van der Waals surface area contributed by atoms with Gasteiger partial charge in [0.05, 0.1) is 22.0 Å². The van der Waals surface area contributed by atoms with E-state index in [1.807, 2.05) is 0 Å². The molecule has 3 rings (SSSR count). The summed E-state index contributed by atoms with van der Waals surface area (Å²) in [5.41, 5.74) is 12.9. The van der Waals surface area contributed by atoms with E-state index >= 15 is 0 Å². The summed E-state index contributed by atoms with van der Waals surface area (Å²) in [4.78, 5) is 10.9. The number of hydrogen-bond donors (Lipinski definition) is 3. The number of benzene rings is 1. The monoisotopic (exact) mass is 378 g/mol. The van der Waals surface area contributed by atoms with E-state index in [9.17, 15) is 0 Å². The molecule has 1 fully saturated rings. The highest BCUT2D eigenvalue weighted by atomic mass is 35.5. The highest BCUT2D eigenvalue weighted by molar-refractivity contribution is 6.44. The zero-order valence-electron chi connectivity index (χ0n) is 13.9. The fraction of sp³-hybridized carbons (Fsp3) is 0.353. The third kappa shape index (κ3) is 3.71. The molecule has 2 aromatic rings. The maximum Gasteiger partial charge on any atom is 0.154 e. The summed E-state index contributed by atoms with van der Waals surface area (Å²) >= 11 is 12.2. The minimum absolute atomic E-state index is 0.0947. The van der Waals surface area contributed by atoms with Gasteiger partial charge in [0, 0.05) is 24.2 Å². The topological polar surface area (TPSA) is 105 Å². The first-order valence-electron chi connectivity index (χ1n) is 7.98. The second-order valence-electron chi connectivity index (χ2n) is 6.58. The first kappa shape index (κ1) is 17.9. The Morgan fingerprint density at radius 1 is 1.28 bits per heavy atom. The van der Waals surface area contributed by atoms with Crippen LogP contribution in [0.25, 0.3) is 0 Å². The van der Waals surface area contributed by atoms with Crippen molar-refractivity contribution in [3.63, 3.8) is 0 Å². The quantitative estimate of drug-likeness (QED) is 0.711. The lowest BCUT2D eigenvalue weighted by Crippen LogP contribution is -2.48. The molecule has 25 heavy (non-hydrogen) atoms. The third-order valence-corrected chi connectivity index (χ3v) is 5.29. The number of anilines is 2. The van der Waals surface area contributed by atoms with Crippen LogP contribution in [-0.2, 0) is 0 Å². The number of nitrogens with two attached hydrogens (primary N) is 2. The van der Waals surface area contributed by atoms with E-state index < -0.39 is 0 Å². The molecule has 0 radical (unpaired) electrons. The molecule has 0 amide bonds. The highest BCUT2D eigenvalue weighted by Crippen LogP contribution is 2.29. The smallest absolute Gasteiger partial charge is 0.154 e. The Kier molecular flexibility index (Phi) is 4.86. The fourth-order valence-corrected chi connectivity index (χ4v) is 3.20. The van der Waals surface area contributed by atoms with Crippen LogP contribution in [0.15, 0.2) is 24.4 Å². The lowest BCUT2D eigenvalue weighted by molar-refractivity contribution is 0.363. The molecule has 1 aliphatic heterocycles. The van der Waals surface area contributed by atoms with Crippen LogP contribution in [0.5, 0.6) is 0 Å². The largest absolute Gasteiger partial charge is 0.382 e. The number of nitrogens with one attached hydrogen (secondary N) is 1. The van der Waals surface area contributed by atoms with Gasteiger partial charge in [0.25, 0.3) is 0 Å². The Labute approximate surface area is 156 Å². The second kappa shape index (κ2) is 6.78. The molecule has 1 aromatic heterocycles. The average Bonchev–Trinajstić information content (AvgIpc) is 2.57. The lowest BCUT2D eigenvalue weighted by atomic mass is 9.91. The molecule has 0 unspecified atom stereocenters. The van der Waals surface area contributed by atoms with Crippen molar-refractivity contribution < 1.29 is 0 Å². The van der Waals surface area contributed by atoms with E-state index in [0.29, 0.717) is 21.4 Å². The van der Waals surface area contributed by atoms with Gasteiger partial charge in [-0.15, -0.1) is 0 Å². The Balaban J connectivity index is 1.85. The number of halogens is 2. The molecule has 0 aliphatic carbocycles.